The van der Waals surface area contributed by atoms with Crippen molar-refractivity contribution in [3.8, 4) is 0 Å². The number of fused-ring (bicyclic) bond motifs is 1. The second kappa shape index (κ2) is 10.2. The summed E-state index contributed by atoms with van der Waals surface area (Å²) in [6.07, 6.45) is 11.5. The van der Waals surface area contributed by atoms with Gasteiger partial charge in [-0.25, -0.2) is 9.97 Å². The Morgan fingerprint density at radius 2 is 2.03 bits per heavy atom. The fraction of sp³-hybridized carbons (Fsp3) is 0.393. The predicted molar refractivity (Wildman–Crippen MR) is 146 cm³/mol. The SMILES string of the molecule is C=CCn1cc(C(=O)N(C)C2CCN(c3cc(C4CC=CN=C4C)ncn3)CC2)c2cc(C)[nH]c2c1=O. The predicted octanol–water partition coefficient (Wildman–Crippen LogP) is 3.82. The van der Waals surface area contributed by atoms with Crippen molar-refractivity contribution in [1.82, 2.24) is 24.4 Å². The Balaban J connectivity index is 1.31. The number of amides is 1. The zero-order valence-electron chi connectivity index (χ0n) is 21.6. The molecule has 192 valence electrons. The molecule has 0 aromatic carbocycles. The van der Waals surface area contributed by atoms with E-state index < -0.39 is 0 Å². The molecular weight excluding hydrogens is 466 g/mol. The fourth-order valence-corrected chi connectivity index (χ4v) is 5.37. The number of aromatic amines is 1. The zero-order valence-corrected chi connectivity index (χ0v) is 21.6. The van der Waals surface area contributed by atoms with E-state index in [0.29, 0.717) is 23.0 Å². The standard InChI is InChI=1S/C28H33N7O2/c1-5-11-35-16-23(22-14-18(2)32-26(22)28(35)37)27(36)33(4)20-8-12-34(13-9-20)25-15-24(30-17-31-25)21-7-6-10-29-19(21)3/h5-6,10,14-17,20-21,32H,1,7-9,11-13H2,2-4H3. The minimum absolute atomic E-state index is 0.0790. The summed E-state index contributed by atoms with van der Waals surface area (Å²) in [5.41, 5.74) is 3.75. The second-order valence-corrected chi connectivity index (χ2v) is 9.91. The minimum Gasteiger partial charge on any atom is -0.356 e. The number of carbonyl (C=O) groups excluding carboxylic acids is 1. The van der Waals surface area contributed by atoms with Crippen LogP contribution in [-0.2, 0) is 6.54 Å². The maximum atomic E-state index is 13.7. The third-order valence-corrected chi connectivity index (χ3v) is 7.51. The maximum absolute atomic E-state index is 13.7. The van der Waals surface area contributed by atoms with E-state index in [2.05, 4.69) is 43.6 Å². The Bertz CT molecular complexity index is 1460. The smallest absolute Gasteiger partial charge is 0.275 e. The number of hydrogen-bond acceptors (Lipinski definition) is 6. The molecule has 0 bridgehead atoms. The fourth-order valence-electron chi connectivity index (χ4n) is 5.37. The third kappa shape index (κ3) is 4.73. The molecule has 2 aliphatic rings. The molecule has 0 radical (unpaired) electrons. The number of aromatic nitrogens is 4. The highest BCUT2D eigenvalue weighted by Crippen LogP contribution is 2.28. The minimum atomic E-state index is -0.148. The molecule has 1 N–H and O–H groups in total. The van der Waals surface area contributed by atoms with Gasteiger partial charge in [-0.15, -0.1) is 6.58 Å². The van der Waals surface area contributed by atoms with Gasteiger partial charge in [0.05, 0.1) is 11.3 Å². The number of pyridine rings is 1. The highest BCUT2D eigenvalue weighted by Gasteiger charge is 2.29. The molecule has 37 heavy (non-hydrogen) atoms. The van der Waals surface area contributed by atoms with Gasteiger partial charge in [0.25, 0.3) is 11.5 Å². The van der Waals surface area contributed by atoms with Gasteiger partial charge in [0.1, 0.15) is 17.7 Å². The van der Waals surface area contributed by atoms with Crippen LogP contribution >= 0.6 is 0 Å². The van der Waals surface area contributed by atoms with Gasteiger partial charge in [0, 0.05) is 73.9 Å². The number of piperidine rings is 1. The normalized spacial score (nSPS) is 18.2. The quantitative estimate of drug-likeness (QED) is 0.520. The molecular formula is C28H33N7O2. The number of nitrogens with one attached hydrogen (secondary N) is 1. The van der Waals surface area contributed by atoms with Crippen LogP contribution in [0.25, 0.3) is 10.9 Å². The highest BCUT2D eigenvalue weighted by atomic mass is 16.2. The molecule has 1 amide bonds. The molecule has 5 heterocycles. The molecule has 5 rings (SSSR count). The summed E-state index contributed by atoms with van der Waals surface area (Å²) >= 11 is 0. The number of rotatable bonds is 6. The monoisotopic (exact) mass is 499 g/mol. The molecule has 1 saturated heterocycles. The summed E-state index contributed by atoms with van der Waals surface area (Å²) in [4.78, 5) is 47.2. The lowest BCUT2D eigenvalue weighted by Crippen LogP contribution is -2.46. The Labute approximate surface area is 216 Å². The molecule has 3 aromatic rings. The first-order chi connectivity index (χ1) is 17.9. The van der Waals surface area contributed by atoms with Crippen LogP contribution in [0.2, 0.25) is 0 Å². The van der Waals surface area contributed by atoms with Crippen molar-refractivity contribution in [2.75, 3.05) is 25.0 Å². The van der Waals surface area contributed by atoms with Gasteiger partial charge < -0.3 is 19.4 Å². The number of aryl methyl sites for hydroxylation is 1. The van der Waals surface area contributed by atoms with Crippen LogP contribution in [0, 0.1) is 6.92 Å². The van der Waals surface area contributed by atoms with Crippen molar-refractivity contribution in [2.45, 2.75) is 51.6 Å². The average Bonchev–Trinajstić information content (AvgIpc) is 3.32. The number of hydrogen-bond donors (Lipinski definition) is 1. The van der Waals surface area contributed by atoms with Gasteiger partial charge in [-0.1, -0.05) is 12.2 Å². The van der Waals surface area contributed by atoms with E-state index in [1.807, 2.05) is 38.1 Å². The van der Waals surface area contributed by atoms with Crippen LogP contribution in [0.15, 0.2) is 59.4 Å². The van der Waals surface area contributed by atoms with Gasteiger partial charge in [-0.2, -0.15) is 0 Å². The first-order valence-corrected chi connectivity index (χ1v) is 12.7. The summed E-state index contributed by atoms with van der Waals surface area (Å²) in [7, 11) is 1.86. The van der Waals surface area contributed by atoms with Crippen LogP contribution in [0.4, 0.5) is 5.82 Å². The van der Waals surface area contributed by atoms with Crippen LogP contribution < -0.4 is 10.5 Å². The molecule has 9 nitrogen and oxygen atoms in total. The van der Waals surface area contributed by atoms with Crippen LogP contribution in [0.5, 0.6) is 0 Å². The van der Waals surface area contributed by atoms with Gasteiger partial charge in [0.2, 0.25) is 0 Å². The summed E-state index contributed by atoms with van der Waals surface area (Å²) < 4.78 is 1.54. The van der Waals surface area contributed by atoms with E-state index in [0.717, 1.165) is 55.3 Å². The summed E-state index contributed by atoms with van der Waals surface area (Å²) in [5, 5.41) is 0.669. The van der Waals surface area contributed by atoms with Crippen LogP contribution in [-0.4, -0.2) is 62.2 Å². The Hall–Kier alpha value is -4.01. The molecule has 0 spiro atoms. The highest BCUT2D eigenvalue weighted by molar-refractivity contribution is 6.06. The van der Waals surface area contributed by atoms with Gasteiger partial charge in [-0.3, -0.25) is 14.6 Å². The molecule has 1 unspecified atom stereocenters. The third-order valence-electron chi connectivity index (χ3n) is 7.51. The maximum Gasteiger partial charge on any atom is 0.275 e. The topological polar surface area (TPSA) is 99.5 Å². The zero-order chi connectivity index (χ0) is 26.1. The number of anilines is 1. The lowest BCUT2D eigenvalue weighted by molar-refractivity contribution is 0.0710. The van der Waals surface area contributed by atoms with E-state index in [1.54, 1.807) is 18.6 Å². The van der Waals surface area contributed by atoms with Crippen molar-refractivity contribution in [3.05, 3.63) is 76.9 Å². The molecule has 3 aromatic heterocycles. The number of H-pyrrole nitrogens is 1. The summed E-state index contributed by atoms with van der Waals surface area (Å²) in [5.74, 6) is 1.02. The second-order valence-electron chi connectivity index (χ2n) is 9.91. The molecule has 1 atom stereocenters. The van der Waals surface area contributed by atoms with E-state index >= 15 is 0 Å². The Kier molecular flexibility index (Phi) is 6.78. The van der Waals surface area contributed by atoms with Gasteiger partial charge in [-0.05, 0) is 39.2 Å². The van der Waals surface area contributed by atoms with E-state index in [4.69, 9.17) is 0 Å². The van der Waals surface area contributed by atoms with Crippen molar-refractivity contribution < 1.29 is 4.79 Å². The largest absolute Gasteiger partial charge is 0.356 e. The Morgan fingerprint density at radius 1 is 1.24 bits per heavy atom. The summed E-state index contributed by atoms with van der Waals surface area (Å²) in [6.45, 7) is 9.62. The molecule has 2 aliphatic heterocycles. The number of nitrogens with zero attached hydrogens (tertiary/aromatic N) is 6. The van der Waals surface area contributed by atoms with E-state index in [9.17, 15) is 9.59 Å². The first-order valence-electron chi connectivity index (χ1n) is 12.7. The van der Waals surface area contributed by atoms with E-state index in [-0.39, 0.29) is 23.4 Å². The average molecular weight is 500 g/mol. The van der Waals surface area contributed by atoms with Gasteiger partial charge >= 0.3 is 0 Å². The first kappa shape index (κ1) is 24.7. The lowest BCUT2D eigenvalue weighted by Gasteiger charge is -2.37. The molecule has 0 saturated carbocycles. The molecule has 0 aliphatic carbocycles. The number of allylic oxidation sites excluding steroid dienone is 2. The lowest BCUT2D eigenvalue weighted by atomic mass is 9.94. The van der Waals surface area contributed by atoms with Crippen LogP contribution in [0.1, 0.15) is 53.8 Å². The Morgan fingerprint density at radius 3 is 2.76 bits per heavy atom. The van der Waals surface area contributed by atoms with E-state index in [1.165, 1.54) is 4.57 Å². The van der Waals surface area contributed by atoms with Gasteiger partial charge in [0.15, 0.2) is 0 Å². The number of aliphatic imine (C=N–C) groups is 1. The summed E-state index contributed by atoms with van der Waals surface area (Å²) in [6, 6.07) is 4.05. The van der Waals surface area contributed by atoms with Crippen molar-refractivity contribution in [2.24, 2.45) is 4.99 Å². The number of carbonyl (C=O) groups is 1. The van der Waals surface area contributed by atoms with Crippen molar-refractivity contribution in [1.29, 1.82) is 0 Å². The molecule has 1 fully saturated rings. The van der Waals surface area contributed by atoms with Crippen molar-refractivity contribution in [3.63, 3.8) is 0 Å². The van der Waals surface area contributed by atoms with Crippen LogP contribution in [0.3, 0.4) is 0 Å². The van der Waals surface area contributed by atoms with Crippen molar-refractivity contribution >= 4 is 28.3 Å². The molecule has 9 heteroatoms.